The van der Waals surface area contributed by atoms with E-state index in [0.717, 1.165) is 16.8 Å². The van der Waals surface area contributed by atoms with Crippen LogP contribution in [0.2, 0.25) is 0 Å². The van der Waals surface area contributed by atoms with Crippen molar-refractivity contribution in [3.8, 4) is 5.75 Å². The van der Waals surface area contributed by atoms with Crippen molar-refractivity contribution in [1.29, 1.82) is 0 Å². The van der Waals surface area contributed by atoms with Crippen LogP contribution in [0.4, 0.5) is 0 Å². The van der Waals surface area contributed by atoms with Gasteiger partial charge in [-0.25, -0.2) is 0 Å². The van der Waals surface area contributed by atoms with Gasteiger partial charge in [-0.3, -0.25) is 4.79 Å². The molecule has 0 aliphatic heterocycles. The van der Waals surface area contributed by atoms with E-state index in [0.29, 0.717) is 25.6 Å². The van der Waals surface area contributed by atoms with Crippen molar-refractivity contribution in [1.82, 2.24) is 10.6 Å². The van der Waals surface area contributed by atoms with Crippen LogP contribution in [0.3, 0.4) is 0 Å². The van der Waals surface area contributed by atoms with Gasteiger partial charge < -0.3 is 15.4 Å². The molecule has 106 valence electrons. The number of ether oxygens (including phenoxy) is 1. The number of halogens is 1. The second kappa shape index (κ2) is 8.93. The van der Waals surface area contributed by atoms with Crippen LogP contribution in [0.1, 0.15) is 13.8 Å². The Labute approximate surface area is 123 Å². The predicted molar refractivity (Wildman–Crippen MR) is 80.4 cm³/mol. The maximum Gasteiger partial charge on any atom is 0.233 e. The molecular formula is C14H21BrN2O2. The van der Waals surface area contributed by atoms with Gasteiger partial charge in [-0.2, -0.15) is 0 Å². The summed E-state index contributed by atoms with van der Waals surface area (Å²) in [6.07, 6.45) is 0. The molecule has 5 heteroatoms. The first-order valence-corrected chi connectivity index (χ1v) is 7.23. The zero-order chi connectivity index (χ0) is 14.1. The molecule has 0 aromatic heterocycles. The van der Waals surface area contributed by atoms with E-state index in [2.05, 4.69) is 40.4 Å². The van der Waals surface area contributed by atoms with Crippen LogP contribution in [0.25, 0.3) is 0 Å². The van der Waals surface area contributed by atoms with Gasteiger partial charge >= 0.3 is 0 Å². The highest BCUT2D eigenvalue weighted by molar-refractivity contribution is 9.10. The van der Waals surface area contributed by atoms with Crippen molar-refractivity contribution in [3.63, 3.8) is 0 Å². The van der Waals surface area contributed by atoms with Crippen molar-refractivity contribution in [2.45, 2.75) is 13.8 Å². The zero-order valence-electron chi connectivity index (χ0n) is 11.4. The number of carbonyl (C=O) groups is 1. The first-order valence-electron chi connectivity index (χ1n) is 6.43. The topological polar surface area (TPSA) is 50.4 Å². The minimum absolute atomic E-state index is 0.0242. The monoisotopic (exact) mass is 328 g/mol. The smallest absolute Gasteiger partial charge is 0.233 e. The number of carbonyl (C=O) groups excluding carboxylic acids is 1. The Kier molecular flexibility index (Phi) is 7.52. The summed E-state index contributed by atoms with van der Waals surface area (Å²) in [5.74, 6) is 1.32. The van der Waals surface area contributed by atoms with Gasteiger partial charge in [0, 0.05) is 17.6 Å². The van der Waals surface area contributed by atoms with Gasteiger partial charge in [-0.15, -0.1) is 0 Å². The van der Waals surface area contributed by atoms with Gasteiger partial charge in [0.15, 0.2) is 0 Å². The molecule has 0 aliphatic rings. The Morgan fingerprint density at radius 3 is 2.89 bits per heavy atom. The fraction of sp³-hybridized carbons (Fsp3) is 0.500. The van der Waals surface area contributed by atoms with Gasteiger partial charge in [-0.05, 0) is 24.1 Å². The highest BCUT2D eigenvalue weighted by Crippen LogP contribution is 2.17. The molecule has 0 bridgehead atoms. The fourth-order valence-electron chi connectivity index (χ4n) is 1.38. The maximum atomic E-state index is 11.4. The van der Waals surface area contributed by atoms with Gasteiger partial charge in [-0.1, -0.05) is 35.8 Å². The third-order valence-electron chi connectivity index (χ3n) is 2.34. The lowest BCUT2D eigenvalue weighted by Gasteiger charge is -2.09. The van der Waals surface area contributed by atoms with Crippen molar-refractivity contribution in [2.75, 3.05) is 26.2 Å². The molecule has 0 radical (unpaired) electrons. The van der Waals surface area contributed by atoms with Crippen LogP contribution in [0.5, 0.6) is 5.75 Å². The van der Waals surface area contributed by atoms with Crippen molar-refractivity contribution >= 4 is 21.8 Å². The van der Waals surface area contributed by atoms with E-state index in [4.69, 9.17) is 4.74 Å². The van der Waals surface area contributed by atoms with Crippen LogP contribution in [-0.2, 0) is 4.79 Å². The Hall–Kier alpha value is -1.07. The van der Waals surface area contributed by atoms with Gasteiger partial charge in [0.1, 0.15) is 12.4 Å². The normalized spacial score (nSPS) is 10.5. The predicted octanol–water partition coefficient (Wildman–Crippen LogP) is 2.19. The summed E-state index contributed by atoms with van der Waals surface area (Å²) in [6.45, 7) is 6.36. The quantitative estimate of drug-likeness (QED) is 0.719. The average Bonchev–Trinajstić information content (AvgIpc) is 2.36. The van der Waals surface area contributed by atoms with E-state index in [1.807, 2.05) is 24.3 Å². The molecule has 0 spiro atoms. The number of hydrogen-bond acceptors (Lipinski definition) is 3. The molecule has 0 unspecified atom stereocenters. The minimum Gasteiger partial charge on any atom is -0.492 e. The van der Waals surface area contributed by atoms with E-state index >= 15 is 0 Å². The lowest BCUT2D eigenvalue weighted by Crippen LogP contribution is -2.37. The zero-order valence-corrected chi connectivity index (χ0v) is 13.0. The molecule has 1 aromatic carbocycles. The van der Waals surface area contributed by atoms with E-state index in [1.165, 1.54) is 0 Å². The minimum atomic E-state index is 0.0242. The highest BCUT2D eigenvalue weighted by atomic mass is 79.9. The third-order valence-corrected chi connectivity index (χ3v) is 2.83. The lowest BCUT2D eigenvalue weighted by atomic mass is 10.2. The molecule has 0 aliphatic carbocycles. The standard InChI is InChI=1S/C14H21BrN2O2/c1-11(2)9-17-14(18)10-16-6-7-19-13-5-3-4-12(15)8-13/h3-5,8,11,16H,6-7,9-10H2,1-2H3,(H,17,18). The number of amides is 1. The second-order valence-corrected chi connectivity index (χ2v) is 5.60. The Morgan fingerprint density at radius 1 is 1.42 bits per heavy atom. The van der Waals surface area contributed by atoms with Crippen LogP contribution >= 0.6 is 15.9 Å². The highest BCUT2D eigenvalue weighted by Gasteiger charge is 2.01. The largest absolute Gasteiger partial charge is 0.492 e. The third kappa shape index (κ3) is 7.85. The van der Waals surface area contributed by atoms with Crippen LogP contribution < -0.4 is 15.4 Å². The molecule has 1 rings (SSSR count). The summed E-state index contributed by atoms with van der Waals surface area (Å²) in [5, 5.41) is 5.89. The summed E-state index contributed by atoms with van der Waals surface area (Å²) in [6, 6.07) is 7.69. The Balaban J connectivity index is 2.06. The summed E-state index contributed by atoms with van der Waals surface area (Å²) in [7, 11) is 0. The van der Waals surface area contributed by atoms with Gasteiger partial charge in [0.05, 0.1) is 6.54 Å². The fourth-order valence-corrected chi connectivity index (χ4v) is 1.76. The number of nitrogens with one attached hydrogen (secondary N) is 2. The van der Waals surface area contributed by atoms with Gasteiger partial charge in [0.25, 0.3) is 0 Å². The lowest BCUT2D eigenvalue weighted by molar-refractivity contribution is -0.120. The number of benzene rings is 1. The molecule has 19 heavy (non-hydrogen) atoms. The van der Waals surface area contributed by atoms with E-state index in [1.54, 1.807) is 0 Å². The Bertz CT molecular complexity index is 397. The SMILES string of the molecule is CC(C)CNC(=O)CNCCOc1cccc(Br)c1. The van der Waals surface area contributed by atoms with Crippen LogP contribution in [0, 0.1) is 5.92 Å². The second-order valence-electron chi connectivity index (χ2n) is 4.68. The average molecular weight is 329 g/mol. The van der Waals surface area contributed by atoms with Crippen LogP contribution in [0.15, 0.2) is 28.7 Å². The van der Waals surface area contributed by atoms with Crippen molar-refractivity contribution in [3.05, 3.63) is 28.7 Å². The van der Waals surface area contributed by atoms with Crippen LogP contribution in [-0.4, -0.2) is 32.1 Å². The first kappa shape index (κ1) is 16.0. The first-order chi connectivity index (χ1) is 9.08. The molecule has 0 atom stereocenters. The molecule has 0 saturated carbocycles. The van der Waals surface area contributed by atoms with E-state index in [-0.39, 0.29) is 5.91 Å². The van der Waals surface area contributed by atoms with E-state index < -0.39 is 0 Å². The molecule has 0 heterocycles. The summed E-state index contributed by atoms with van der Waals surface area (Å²) in [5.41, 5.74) is 0. The molecule has 0 fully saturated rings. The van der Waals surface area contributed by atoms with Crippen molar-refractivity contribution < 1.29 is 9.53 Å². The molecular weight excluding hydrogens is 308 g/mol. The number of rotatable bonds is 8. The molecule has 1 amide bonds. The molecule has 0 saturated heterocycles. The molecule has 4 nitrogen and oxygen atoms in total. The molecule has 2 N–H and O–H groups in total. The Morgan fingerprint density at radius 2 is 2.21 bits per heavy atom. The maximum absolute atomic E-state index is 11.4. The summed E-state index contributed by atoms with van der Waals surface area (Å²) in [4.78, 5) is 11.4. The summed E-state index contributed by atoms with van der Waals surface area (Å²) < 4.78 is 6.53. The van der Waals surface area contributed by atoms with Crippen molar-refractivity contribution in [2.24, 2.45) is 5.92 Å². The van der Waals surface area contributed by atoms with E-state index in [9.17, 15) is 4.79 Å². The summed E-state index contributed by atoms with van der Waals surface area (Å²) >= 11 is 3.38. The number of hydrogen-bond donors (Lipinski definition) is 2. The van der Waals surface area contributed by atoms with Gasteiger partial charge in [0.2, 0.25) is 5.91 Å². The molecule has 1 aromatic rings.